The van der Waals surface area contributed by atoms with Crippen molar-refractivity contribution in [2.24, 2.45) is 5.92 Å². The number of nitrogens with zero attached hydrogens (tertiary/aromatic N) is 1. The maximum Gasteiger partial charge on any atom is 0.257 e. The first-order chi connectivity index (χ1) is 9.61. The van der Waals surface area contributed by atoms with Gasteiger partial charge in [-0.15, -0.1) is 0 Å². The standard InChI is InChI=1S/C15H20BrNO3/c1-17(7-8-20-10-11-3-4-11)15(18)13-6-5-12(16)9-14(13)19-2/h5-6,9,11H,3-4,7-8,10H2,1-2H3. The smallest absolute Gasteiger partial charge is 0.257 e. The third-order valence-corrected chi connectivity index (χ3v) is 3.86. The van der Waals surface area contributed by atoms with Gasteiger partial charge in [0.2, 0.25) is 0 Å². The summed E-state index contributed by atoms with van der Waals surface area (Å²) in [5, 5.41) is 0. The fourth-order valence-corrected chi connectivity index (χ4v) is 2.22. The molecule has 1 amide bonds. The molecule has 2 rings (SSSR count). The van der Waals surface area contributed by atoms with Gasteiger partial charge in [-0.2, -0.15) is 0 Å². The molecule has 0 heterocycles. The van der Waals surface area contributed by atoms with Gasteiger partial charge >= 0.3 is 0 Å². The summed E-state index contributed by atoms with van der Waals surface area (Å²) in [5.41, 5.74) is 0.570. The first kappa shape index (κ1) is 15.3. The van der Waals surface area contributed by atoms with Gasteiger partial charge in [0, 0.05) is 24.7 Å². The van der Waals surface area contributed by atoms with Crippen LogP contribution in [-0.4, -0.2) is 44.7 Å². The summed E-state index contributed by atoms with van der Waals surface area (Å²) < 4.78 is 11.7. The highest BCUT2D eigenvalue weighted by molar-refractivity contribution is 9.10. The lowest BCUT2D eigenvalue weighted by molar-refractivity contribution is 0.0678. The summed E-state index contributed by atoms with van der Waals surface area (Å²) in [6, 6.07) is 5.41. The van der Waals surface area contributed by atoms with E-state index in [1.807, 2.05) is 6.07 Å². The zero-order chi connectivity index (χ0) is 14.5. The monoisotopic (exact) mass is 341 g/mol. The van der Waals surface area contributed by atoms with Crippen LogP contribution in [0.5, 0.6) is 5.75 Å². The number of likely N-dealkylation sites (N-methyl/N-ethyl adjacent to an activating group) is 1. The molecule has 0 atom stereocenters. The van der Waals surface area contributed by atoms with Crippen molar-refractivity contribution < 1.29 is 14.3 Å². The number of rotatable bonds is 7. The molecule has 0 aliphatic heterocycles. The van der Waals surface area contributed by atoms with Crippen molar-refractivity contribution in [3.05, 3.63) is 28.2 Å². The number of benzene rings is 1. The van der Waals surface area contributed by atoms with Crippen LogP contribution in [0.1, 0.15) is 23.2 Å². The van der Waals surface area contributed by atoms with E-state index in [4.69, 9.17) is 9.47 Å². The number of halogens is 1. The van der Waals surface area contributed by atoms with Crippen molar-refractivity contribution in [3.63, 3.8) is 0 Å². The van der Waals surface area contributed by atoms with Crippen LogP contribution in [0.25, 0.3) is 0 Å². The van der Waals surface area contributed by atoms with Gasteiger partial charge in [0.25, 0.3) is 5.91 Å². The van der Waals surface area contributed by atoms with Gasteiger partial charge in [0.1, 0.15) is 5.75 Å². The summed E-state index contributed by atoms with van der Waals surface area (Å²) in [4.78, 5) is 14.0. The van der Waals surface area contributed by atoms with E-state index < -0.39 is 0 Å². The number of methoxy groups -OCH3 is 1. The Balaban J connectivity index is 1.88. The topological polar surface area (TPSA) is 38.8 Å². The zero-order valence-electron chi connectivity index (χ0n) is 11.9. The van der Waals surface area contributed by atoms with Crippen LogP contribution in [0.3, 0.4) is 0 Å². The molecule has 5 heteroatoms. The first-order valence-electron chi connectivity index (χ1n) is 6.78. The van der Waals surface area contributed by atoms with Crippen LogP contribution >= 0.6 is 15.9 Å². The summed E-state index contributed by atoms with van der Waals surface area (Å²) in [7, 11) is 3.35. The van der Waals surface area contributed by atoms with Gasteiger partial charge < -0.3 is 14.4 Å². The molecule has 0 radical (unpaired) electrons. The highest BCUT2D eigenvalue weighted by atomic mass is 79.9. The SMILES string of the molecule is COc1cc(Br)ccc1C(=O)N(C)CCOCC1CC1. The quantitative estimate of drug-likeness (QED) is 0.715. The summed E-state index contributed by atoms with van der Waals surface area (Å²) in [6.07, 6.45) is 2.57. The molecule has 1 aromatic rings. The molecule has 110 valence electrons. The fourth-order valence-electron chi connectivity index (χ4n) is 1.88. The van der Waals surface area contributed by atoms with E-state index in [-0.39, 0.29) is 5.91 Å². The molecule has 1 fully saturated rings. The maximum absolute atomic E-state index is 12.4. The minimum atomic E-state index is -0.0515. The van der Waals surface area contributed by atoms with E-state index >= 15 is 0 Å². The number of hydrogen-bond acceptors (Lipinski definition) is 3. The highest BCUT2D eigenvalue weighted by Crippen LogP contribution is 2.28. The van der Waals surface area contributed by atoms with E-state index in [0.29, 0.717) is 24.5 Å². The predicted molar refractivity (Wildman–Crippen MR) is 81.2 cm³/mol. The third kappa shape index (κ3) is 4.21. The van der Waals surface area contributed by atoms with Gasteiger partial charge in [0.05, 0.1) is 19.3 Å². The second kappa shape index (κ2) is 7.09. The molecular weight excluding hydrogens is 322 g/mol. The molecular formula is C15H20BrNO3. The minimum absolute atomic E-state index is 0.0515. The molecule has 0 bridgehead atoms. The van der Waals surface area contributed by atoms with E-state index in [1.54, 1.807) is 31.2 Å². The molecule has 1 saturated carbocycles. The molecule has 1 aliphatic carbocycles. The molecule has 1 aromatic carbocycles. The zero-order valence-corrected chi connectivity index (χ0v) is 13.5. The van der Waals surface area contributed by atoms with Crippen molar-refractivity contribution in [2.75, 3.05) is 33.9 Å². The number of carbonyl (C=O) groups is 1. The van der Waals surface area contributed by atoms with Gasteiger partial charge in [-0.05, 0) is 37.0 Å². The molecule has 0 N–H and O–H groups in total. The average Bonchev–Trinajstić information content (AvgIpc) is 3.26. The predicted octanol–water partition coefficient (Wildman–Crippen LogP) is 2.96. The van der Waals surface area contributed by atoms with E-state index in [9.17, 15) is 4.79 Å². The molecule has 0 unspecified atom stereocenters. The van der Waals surface area contributed by atoms with E-state index in [1.165, 1.54) is 12.8 Å². The number of hydrogen-bond donors (Lipinski definition) is 0. The molecule has 0 saturated heterocycles. The Bertz CT molecular complexity index is 474. The third-order valence-electron chi connectivity index (χ3n) is 3.36. The minimum Gasteiger partial charge on any atom is -0.496 e. The number of carbonyl (C=O) groups excluding carboxylic acids is 1. The van der Waals surface area contributed by atoms with E-state index in [2.05, 4.69) is 15.9 Å². The van der Waals surface area contributed by atoms with Crippen molar-refractivity contribution in [1.82, 2.24) is 4.90 Å². The van der Waals surface area contributed by atoms with Crippen LogP contribution < -0.4 is 4.74 Å². The summed E-state index contributed by atoms with van der Waals surface area (Å²) >= 11 is 3.37. The van der Waals surface area contributed by atoms with Gasteiger partial charge in [-0.3, -0.25) is 4.79 Å². The Morgan fingerprint density at radius 2 is 2.20 bits per heavy atom. The Kier molecular flexibility index (Phi) is 5.43. The van der Waals surface area contributed by atoms with Crippen LogP contribution in [0, 0.1) is 5.92 Å². The second-order valence-corrected chi connectivity index (χ2v) is 6.01. The lowest BCUT2D eigenvalue weighted by Gasteiger charge is -2.18. The Morgan fingerprint density at radius 3 is 2.85 bits per heavy atom. The van der Waals surface area contributed by atoms with Gasteiger partial charge in [-0.25, -0.2) is 0 Å². The lowest BCUT2D eigenvalue weighted by Crippen LogP contribution is -2.30. The summed E-state index contributed by atoms with van der Waals surface area (Å²) in [5.74, 6) is 1.28. The number of ether oxygens (including phenoxy) is 2. The van der Waals surface area contributed by atoms with Crippen molar-refractivity contribution >= 4 is 21.8 Å². The van der Waals surface area contributed by atoms with Crippen molar-refractivity contribution in [1.29, 1.82) is 0 Å². The van der Waals surface area contributed by atoms with Gasteiger partial charge in [0.15, 0.2) is 0 Å². The van der Waals surface area contributed by atoms with Crippen LogP contribution in [0.2, 0.25) is 0 Å². The second-order valence-electron chi connectivity index (χ2n) is 5.09. The van der Waals surface area contributed by atoms with E-state index in [0.717, 1.165) is 17.0 Å². The molecule has 0 aromatic heterocycles. The molecule has 1 aliphatic rings. The fraction of sp³-hybridized carbons (Fsp3) is 0.533. The lowest BCUT2D eigenvalue weighted by atomic mass is 10.2. The van der Waals surface area contributed by atoms with Crippen LogP contribution in [0.4, 0.5) is 0 Å². The largest absolute Gasteiger partial charge is 0.496 e. The van der Waals surface area contributed by atoms with Crippen molar-refractivity contribution in [2.45, 2.75) is 12.8 Å². The Hall–Kier alpha value is -1.07. The molecule has 0 spiro atoms. The molecule has 4 nitrogen and oxygen atoms in total. The van der Waals surface area contributed by atoms with Crippen LogP contribution in [0.15, 0.2) is 22.7 Å². The average molecular weight is 342 g/mol. The van der Waals surface area contributed by atoms with Crippen LogP contribution in [-0.2, 0) is 4.74 Å². The van der Waals surface area contributed by atoms with Gasteiger partial charge in [-0.1, -0.05) is 15.9 Å². The normalized spacial score (nSPS) is 14.2. The number of amides is 1. The Morgan fingerprint density at radius 1 is 1.45 bits per heavy atom. The molecule has 20 heavy (non-hydrogen) atoms. The van der Waals surface area contributed by atoms with Crippen molar-refractivity contribution in [3.8, 4) is 5.75 Å². The maximum atomic E-state index is 12.4. The highest BCUT2D eigenvalue weighted by Gasteiger charge is 2.21. The first-order valence-corrected chi connectivity index (χ1v) is 7.58. The Labute approximate surface area is 128 Å². The summed E-state index contributed by atoms with van der Waals surface area (Å²) in [6.45, 7) is 1.99.